The van der Waals surface area contributed by atoms with Crippen LogP contribution < -0.4 is 27.0 Å². The number of aromatic nitrogens is 1. The van der Waals surface area contributed by atoms with E-state index < -0.39 is 43.1 Å². The van der Waals surface area contributed by atoms with E-state index >= 15 is 4.39 Å². The van der Waals surface area contributed by atoms with Crippen LogP contribution in [-0.2, 0) is 17.4 Å². The highest BCUT2D eigenvalue weighted by molar-refractivity contribution is 9.10. The van der Waals surface area contributed by atoms with Crippen molar-refractivity contribution in [2.24, 2.45) is 0 Å². The second-order valence-electron chi connectivity index (χ2n) is 10.3. The number of hydrazine groups is 1. The quantitative estimate of drug-likeness (QED) is 0.212. The Bertz CT molecular complexity index is 1260. The van der Waals surface area contributed by atoms with E-state index in [1.54, 1.807) is 0 Å². The summed E-state index contributed by atoms with van der Waals surface area (Å²) in [5.41, 5.74) is 3.12. The van der Waals surface area contributed by atoms with Gasteiger partial charge in [0.1, 0.15) is 5.82 Å². The summed E-state index contributed by atoms with van der Waals surface area (Å²) in [5, 5.41) is 5.17. The minimum atomic E-state index is -1.96. The van der Waals surface area contributed by atoms with Crippen LogP contribution in [0.4, 0.5) is 25.0 Å². The van der Waals surface area contributed by atoms with Crippen molar-refractivity contribution in [2.45, 2.75) is 58.3 Å². The fourth-order valence-corrected chi connectivity index (χ4v) is 5.01. The fourth-order valence-electron chi connectivity index (χ4n) is 3.63. The van der Waals surface area contributed by atoms with Crippen LogP contribution in [0.3, 0.4) is 0 Å². The zero-order valence-corrected chi connectivity index (χ0v) is 24.1. The molecule has 4 N–H and O–H groups in total. The van der Waals surface area contributed by atoms with Crippen LogP contribution >= 0.6 is 15.9 Å². The van der Waals surface area contributed by atoms with E-state index in [0.29, 0.717) is 29.6 Å². The molecule has 2 aromatic rings. The molecule has 1 aromatic carbocycles. The van der Waals surface area contributed by atoms with Crippen LogP contribution in [0.1, 0.15) is 43.2 Å². The molecule has 0 bridgehead atoms. The topological polar surface area (TPSA) is 113 Å². The number of anilines is 2. The number of carbonyl (C=O) groups is 2. The molecule has 1 aromatic heterocycles. The highest BCUT2D eigenvalue weighted by Gasteiger charge is 2.37. The van der Waals surface area contributed by atoms with Gasteiger partial charge in [0, 0.05) is 23.3 Å². The van der Waals surface area contributed by atoms with Crippen molar-refractivity contribution in [3.63, 3.8) is 0 Å². The third kappa shape index (κ3) is 6.57. The van der Waals surface area contributed by atoms with E-state index in [-0.39, 0.29) is 29.4 Å². The zero-order chi connectivity index (χ0) is 27.5. The summed E-state index contributed by atoms with van der Waals surface area (Å²) < 4.78 is 37.2. The van der Waals surface area contributed by atoms with Gasteiger partial charge < -0.3 is 19.6 Å². The second kappa shape index (κ2) is 11.3. The first-order valence-electron chi connectivity index (χ1n) is 11.9. The molecule has 13 heteroatoms. The van der Waals surface area contributed by atoms with Gasteiger partial charge in [0.15, 0.2) is 8.32 Å². The Kier molecular flexibility index (Phi) is 8.80. The Morgan fingerprint density at radius 2 is 1.89 bits per heavy atom. The molecule has 3 amide bonds. The SMILES string of the molecule is CC(C)(C)[Si](C)(C)OCCNC(=O)NNC(=O)c1c(Nc2ccc(Br)cc2F)c(F)c(=O)n2c1CCC2. The van der Waals surface area contributed by atoms with Crippen molar-refractivity contribution in [3.8, 4) is 0 Å². The molecule has 1 aliphatic rings. The first-order chi connectivity index (χ1) is 17.2. The summed E-state index contributed by atoms with van der Waals surface area (Å²) in [5.74, 6) is -2.78. The van der Waals surface area contributed by atoms with E-state index in [4.69, 9.17) is 4.43 Å². The molecule has 2 heterocycles. The molecule has 0 radical (unpaired) electrons. The lowest BCUT2D eigenvalue weighted by molar-refractivity contribution is 0.0935. The molecule has 0 fully saturated rings. The predicted molar refractivity (Wildman–Crippen MR) is 144 cm³/mol. The number of hydrogen-bond donors (Lipinski definition) is 4. The maximum atomic E-state index is 15.1. The largest absolute Gasteiger partial charge is 0.415 e. The molecule has 1 aliphatic heterocycles. The molecule has 0 saturated carbocycles. The van der Waals surface area contributed by atoms with Gasteiger partial charge in [-0.1, -0.05) is 36.7 Å². The van der Waals surface area contributed by atoms with Crippen LogP contribution in [0.15, 0.2) is 27.5 Å². The average Bonchev–Trinajstić information content (AvgIpc) is 3.29. The molecule has 3 rings (SSSR count). The van der Waals surface area contributed by atoms with Gasteiger partial charge in [0.2, 0.25) is 5.82 Å². The highest BCUT2D eigenvalue weighted by Crippen LogP contribution is 2.36. The monoisotopic (exact) mass is 599 g/mol. The standard InChI is InChI=1S/C24H32BrF2N5O4Si/c1-24(2,3)37(4,5)36-12-10-28-23(35)31-30-21(33)18-17-7-6-11-32(17)22(34)19(27)20(18)29-16-9-8-14(25)13-15(16)26/h8-9,13,29H,6-7,10-12H2,1-5H3,(H,30,33)(H2,28,31,35). The Labute approximate surface area is 223 Å². The van der Waals surface area contributed by atoms with Gasteiger partial charge in [0.05, 0.1) is 23.5 Å². The Morgan fingerprint density at radius 1 is 1.19 bits per heavy atom. The number of benzene rings is 1. The number of nitrogens with one attached hydrogen (secondary N) is 4. The smallest absolute Gasteiger partial charge is 0.333 e. The first kappa shape index (κ1) is 28.8. The molecule has 202 valence electrons. The van der Waals surface area contributed by atoms with Crippen molar-refractivity contribution in [1.82, 2.24) is 20.7 Å². The molecule has 0 saturated heterocycles. The van der Waals surface area contributed by atoms with Crippen LogP contribution in [0.2, 0.25) is 18.1 Å². The lowest BCUT2D eigenvalue weighted by Gasteiger charge is -2.36. The summed E-state index contributed by atoms with van der Waals surface area (Å²) in [6, 6.07) is 3.36. The maximum absolute atomic E-state index is 15.1. The predicted octanol–water partition coefficient (Wildman–Crippen LogP) is 4.54. The van der Waals surface area contributed by atoms with Crippen molar-refractivity contribution in [2.75, 3.05) is 18.5 Å². The number of amides is 3. The van der Waals surface area contributed by atoms with E-state index in [9.17, 15) is 18.8 Å². The van der Waals surface area contributed by atoms with Crippen molar-refractivity contribution >= 4 is 47.6 Å². The number of urea groups is 1. The zero-order valence-electron chi connectivity index (χ0n) is 21.5. The van der Waals surface area contributed by atoms with Gasteiger partial charge in [-0.15, -0.1) is 0 Å². The minimum Gasteiger partial charge on any atom is -0.415 e. The van der Waals surface area contributed by atoms with Crippen LogP contribution in [0.5, 0.6) is 0 Å². The van der Waals surface area contributed by atoms with Gasteiger partial charge in [-0.05, 0) is 49.2 Å². The van der Waals surface area contributed by atoms with Crippen LogP contribution in [0, 0.1) is 11.6 Å². The minimum absolute atomic E-state index is 0.0291. The number of nitrogens with zero attached hydrogens (tertiary/aromatic N) is 1. The van der Waals surface area contributed by atoms with E-state index in [1.165, 1.54) is 22.8 Å². The fraction of sp³-hybridized carbons (Fsp3) is 0.458. The second-order valence-corrected chi connectivity index (χ2v) is 16.0. The Hall–Kier alpha value is -2.77. The molecule has 0 atom stereocenters. The van der Waals surface area contributed by atoms with Gasteiger partial charge in [-0.3, -0.25) is 15.0 Å². The molecule has 0 unspecified atom stereocenters. The number of rotatable bonds is 7. The summed E-state index contributed by atoms with van der Waals surface area (Å²) in [6.45, 7) is 11.3. The van der Waals surface area contributed by atoms with Crippen molar-refractivity contribution in [1.29, 1.82) is 0 Å². The number of carbonyl (C=O) groups excluding carboxylic acids is 2. The summed E-state index contributed by atoms with van der Waals surface area (Å²) >= 11 is 3.15. The summed E-state index contributed by atoms with van der Waals surface area (Å²) in [7, 11) is -1.96. The molecular formula is C24H32BrF2N5O4Si. The lowest BCUT2D eigenvalue weighted by Crippen LogP contribution is -2.49. The maximum Gasteiger partial charge on any atom is 0.333 e. The molecule has 37 heavy (non-hydrogen) atoms. The van der Waals surface area contributed by atoms with Crippen LogP contribution in [0.25, 0.3) is 0 Å². The van der Waals surface area contributed by atoms with Gasteiger partial charge >= 0.3 is 6.03 Å². The van der Waals surface area contributed by atoms with E-state index in [0.717, 1.165) is 0 Å². The first-order valence-corrected chi connectivity index (χ1v) is 15.6. The van der Waals surface area contributed by atoms with Crippen molar-refractivity contribution in [3.05, 3.63) is 55.9 Å². The third-order valence-corrected chi connectivity index (χ3v) is 11.7. The number of halogens is 3. The molecule has 0 aliphatic carbocycles. The van der Waals surface area contributed by atoms with Gasteiger partial charge in [-0.2, -0.15) is 4.39 Å². The van der Waals surface area contributed by atoms with Gasteiger partial charge in [0.25, 0.3) is 11.5 Å². The third-order valence-electron chi connectivity index (χ3n) is 6.68. The van der Waals surface area contributed by atoms with Crippen molar-refractivity contribution < 1.29 is 22.8 Å². The molecule has 0 spiro atoms. The normalized spacial score (nSPS) is 13.2. The number of fused-ring (bicyclic) bond motifs is 1. The number of pyridine rings is 1. The Balaban J connectivity index is 1.73. The molecule has 9 nitrogen and oxygen atoms in total. The molecular weight excluding hydrogens is 568 g/mol. The summed E-state index contributed by atoms with van der Waals surface area (Å²) in [4.78, 5) is 37.9. The van der Waals surface area contributed by atoms with E-state index in [1.807, 2.05) is 0 Å². The number of hydrogen-bond acceptors (Lipinski definition) is 5. The average molecular weight is 601 g/mol. The lowest BCUT2D eigenvalue weighted by atomic mass is 10.1. The van der Waals surface area contributed by atoms with Crippen LogP contribution in [-0.4, -0.2) is 38.0 Å². The highest BCUT2D eigenvalue weighted by atomic mass is 79.9. The van der Waals surface area contributed by atoms with E-state index in [2.05, 4.69) is 71.3 Å². The van der Waals surface area contributed by atoms with Gasteiger partial charge in [-0.25, -0.2) is 14.6 Å². The summed E-state index contributed by atoms with van der Waals surface area (Å²) in [6.07, 6.45) is 0.875. The Morgan fingerprint density at radius 3 is 2.54 bits per heavy atom.